The van der Waals surface area contributed by atoms with Crippen molar-refractivity contribution in [1.82, 2.24) is 0 Å². The van der Waals surface area contributed by atoms with E-state index in [4.69, 9.17) is 9.84 Å². The topological polar surface area (TPSA) is 46.5 Å². The zero-order valence-corrected chi connectivity index (χ0v) is 6.96. The molecule has 0 saturated heterocycles. The molecule has 0 rings (SSSR count). The Kier molecular flexibility index (Phi) is 5.47. The van der Waals surface area contributed by atoms with E-state index in [1.54, 1.807) is 13.0 Å². The summed E-state index contributed by atoms with van der Waals surface area (Å²) in [5.41, 5.74) is 0.379. The highest BCUT2D eigenvalue weighted by molar-refractivity contribution is 5.85. The summed E-state index contributed by atoms with van der Waals surface area (Å²) in [5.74, 6) is -0.860. The van der Waals surface area contributed by atoms with Gasteiger partial charge in [-0.2, -0.15) is 0 Å². The van der Waals surface area contributed by atoms with Crippen LogP contribution >= 0.6 is 0 Å². The molecule has 0 radical (unpaired) electrons. The first-order chi connectivity index (χ1) is 5.18. The molecule has 11 heavy (non-hydrogen) atoms. The maximum absolute atomic E-state index is 10.3. The third kappa shape index (κ3) is 5.61. The SMILES string of the molecule is CCOCC/C=C(\C)C(=O)O. The summed E-state index contributed by atoms with van der Waals surface area (Å²) in [6, 6.07) is 0. The minimum atomic E-state index is -0.860. The lowest BCUT2D eigenvalue weighted by molar-refractivity contribution is -0.132. The van der Waals surface area contributed by atoms with Crippen molar-refractivity contribution < 1.29 is 14.6 Å². The fraction of sp³-hybridized carbons (Fsp3) is 0.625. The second-order valence-electron chi connectivity index (χ2n) is 2.18. The minimum absolute atomic E-state index is 0.379. The van der Waals surface area contributed by atoms with E-state index >= 15 is 0 Å². The monoisotopic (exact) mass is 158 g/mol. The van der Waals surface area contributed by atoms with Gasteiger partial charge in [-0.15, -0.1) is 0 Å². The van der Waals surface area contributed by atoms with Crippen molar-refractivity contribution in [1.29, 1.82) is 0 Å². The maximum atomic E-state index is 10.3. The molecule has 0 aromatic heterocycles. The van der Waals surface area contributed by atoms with Crippen LogP contribution in [0.2, 0.25) is 0 Å². The molecule has 0 unspecified atom stereocenters. The number of hydrogen-bond donors (Lipinski definition) is 1. The predicted molar refractivity (Wildman–Crippen MR) is 42.5 cm³/mol. The van der Waals surface area contributed by atoms with Crippen LogP contribution in [0.4, 0.5) is 0 Å². The number of carboxylic acids is 1. The number of aliphatic carboxylic acids is 1. The molecule has 3 heteroatoms. The van der Waals surface area contributed by atoms with Crippen LogP contribution in [-0.4, -0.2) is 24.3 Å². The number of carbonyl (C=O) groups is 1. The van der Waals surface area contributed by atoms with Crippen LogP contribution in [0, 0.1) is 0 Å². The zero-order chi connectivity index (χ0) is 8.69. The minimum Gasteiger partial charge on any atom is -0.478 e. The second kappa shape index (κ2) is 5.92. The standard InChI is InChI=1S/C8H14O3/c1-3-11-6-4-5-7(2)8(9)10/h5H,3-4,6H2,1-2H3,(H,9,10)/b7-5+. The Morgan fingerprint density at radius 1 is 1.64 bits per heavy atom. The van der Waals surface area contributed by atoms with Gasteiger partial charge in [-0.25, -0.2) is 4.79 Å². The Morgan fingerprint density at radius 2 is 2.27 bits per heavy atom. The molecule has 0 bridgehead atoms. The van der Waals surface area contributed by atoms with E-state index in [0.29, 0.717) is 25.2 Å². The van der Waals surface area contributed by atoms with Crippen molar-refractivity contribution in [2.75, 3.05) is 13.2 Å². The average Bonchev–Trinajstić information content (AvgIpc) is 1.97. The summed E-state index contributed by atoms with van der Waals surface area (Å²) in [4.78, 5) is 10.3. The van der Waals surface area contributed by atoms with Gasteiger partial charge in [0, 0.05) is 12.2 Å². The molecule has 3 nitrogen and oxygen atoms in total. The molecule has 0 aliphatic carbocycles. The first kappa shape index (κ1) is 10.2. The van der Waals surface area contributed by atoms with Gasteiger partial charge in [0.15, 0.2) is 0 Å². The van der Waals surface area contributed by atoms with Gasteiger partial charge in [0.25, 0.3) is 0 Å². The first-order valence-electron chi connectivity index (χ1n) is 3.66. The lowest BCUT2D eigenvalue weighted by Crippen LogP contribution is -1.97. The van der Waals surface area contributed by atoms with Crippen LogP contribution in [0.15, 0.2) is 11.6 Å². The van der Waals surface area contributed by atoms with Crippen LogP contribution in [0.5, 0.6) is 0 Å². The van der Waals surface area contributed by atoms with Crippen LogP contribution in [0.3, 0.4) is 0 Å². The largest absolute Gasteiger partial charge is 0.478 e. The molecule has 0 aliphatic heterocycles. The predicted octanol–water partition coefficient (Wildman–Crippen LogP) is 1.44. The number of ether oxygens (including phenoxy) is 1. The van der Waals surface area contributed by atoms with Gasteiger partial charge < -0.3 is 9.84 Å². The van der Waals surface area contributed by atoms with Crippen LogP contribution < -0.4 is 0 Å². The van der Waals surface area contributed by atoms with Crippen molar-refractivity contribution in [3.63, 3.8) is 0 Å². The molecular weight excluding hydrogens is 144 g/mol. The second-order valence-corrected chi connectivity index (χ2v) is 2.18. The third-order valence-electron chi connectivity index (χ3n) is 1.25. The highest BCUT2D eigenvalue weighted by atomic mass is 16.5. The van der Waals surface area contributed by atoms with Gasteiger partial charge in [0.1, 0.15) is 0 Å². The van der Waals surface area contributed by atoms with Gasteiger partial charge in [0.05, 0.1) is 6.61 Å². The molecule has 0 fully saturated rings. The molecule has 0 aliphatic rings. The molecule has 0 amide bonds. The molecule has 0 saturated carbocycles. The third-order valence-corrected chi connectivity index (χ3v) is 1.25. The molecular formula is C8H14O3. The molecule has 0 heterocycles. The van der Waals surface area contributed by atoms with E-state index in [2.05, 4.69) is 0 Å². The fourth-order valence-corrected chi connectivity index (χ4v) is 0.590. The summed E-state index contributed by atoms with van der Waals surface area (Å²) in [6.45, 7) is 4.77. The first-order valence-corrected chi connectivity index (χ1v) is 3.66. The number of rotatable bonds is 5. The van der Waals surface area contributed by atoms with Crippen molar-refractivity contribution >= 4 is 5.97 Å². The van der Waals surface area contributed by atoms with E-state index in [0.717, 1.165) is 0 Å². The summed E-state index contributed by atoms with van der Waals surface area (Å²) in [6.07, 6.45) is 2.34. The Balaban J connectivity index is 3.48. The number of carboxylic acid groups (broad SMARTS) is 1. The van der Waals surface area contributed by atoms with E-state index in [1.807, 2.05) is 6.92 Å². The lowest BCUT2D eigenvalue weighted by Gasteiger charge is -1.96. The van der Waals surface area contributed by atoms with E-state index < -0.39 is 5.97 Å². The van der Waals surface area contributed by atoms with Crippen molar-refractivity contribution in [3.8, 4) is 0 Å². The lowest BCUT2D eigenvalue weighted by atomic mass is 10.2. The Morgan fingerprint density at radius 3 is 2.73 bits per heavy atom. The average molecular weight is 158 g/mol. The zero-order valence-electron chi connectivity index (χ0n) is 6.96. The molecule has 0 spiro atoms. The molecule has 64 valence electrons. The molecule has 0 atom stereocenters. The summed E-state index contributed by atoms with van der Waals surface area (Å²) in [5, 5.41) is 8.43. The van der Waals surface area contributed by atoms with E-state index in [-0.39, 0.29) is 0 Å². The van der Waals surface area contributed by atoms with Gasteiger partial charge in [-0.1, -0.05) is 6.08 Å². The van der Waals surface area contributed by atoms with E-state index in [9.17, 15) is 4.79 Å². The van der Waals surface area contributed by atoms with Crippen LogP contribution in [0.1, 0.15) is 20.3 Å². The van der Waals surface area contributed by atoms with Gasteiger partial charge in [-0.3, -0.25) is 0 Å². The Hall–Kier alpha value is -0.830. The van der Waals surface area contributed by atoms with Crippen molar-refractivity contribution in [3.05, 3.63) is 11.6 Å². The van der Waals surface area contributed by atoms with Crippen molar-refractivity contribution in [2.24, 2.45) is 0 Å². The Labute approximate surface area is 66.7 Å². The van der Waals surface area contributed by atoms with Crippen LogP contribution in [0.25, 0.3) is 0 Å². The summed E-state index contributed by atoms with van der Waals surface area (Å²) in [7, 11) is 0. The highest BCUT2D eigenvalue weighted by Gasteiger charge is 1.96. The van der Waals surface area contributed by atoms with Gasteiger partial charge >= 0.3 is 5.97 Å². The summed E-state index contributed by atoms with van der Waals surface area (Å²) < 4.78 is 5.03. The van der Waals surface area contributed by atoms with Crippen LogP contribution in [-0.2, 0) is 9.53 Å². The van der Waals surface area contributed by atoms with Gasteiger partial charge in [-0.05, 0) is 20.3 Å². The quantitative estimate of drug-likeness (QED) is 0.486. The van der Waals surface area contributed by atoms with E-state index in [1.165, 1.54) is 0 Å². The molecule has 1 N–H and O–H groups in total. The Bertz CT molecular complexity index is 149. The fourth-order valence-electron chi connectivity index (χ4n) is 0.590. The normalized spacial score (nSPS) is 11.6. The highest BCUT2D eigenvalue weighted by Crippen LogP contribution is 1.95. The summed E-state index contributed by atoms with van der Waals surface area (Å²) >= 11 is 0. The van der Waals surface area contributed by atoms with Gasteiger partial charge in [0.2, 0.25) is 0 Å². The molecule has 0 aromatic rings. The smallest absolute Gasteiger partial charge is 0.330 e. The van der Waals surface area contributed by atoms with Crippen molar-refractivity contribution in [2.45, 2.75) is 20.3 Å². The maximum Gasteiger partial charge on any atom is 0.330 e. The number of hydrogen-bond acceptors (Lipinski definition) is 2. The molecule has 0 aromatic carbocycles.